The average molecular weight is 424 g/mol. The van der Waals surface area contributed by atoms with Crippen molar-refractivity contribution in [1.29, 1.82) is 0 Å². The van der Waals surface area contributed by atoms with Crippen LogP contribution in [0.1, 0.15) is 136 Å². The molecule has 0 N–H and O–H groups in total. The van der Waals surface area contributed by atoms with Crippen LogP contribution >= 0.6 is 0 Å². The summed E-state index contributed by atoms with van der Waals surface area (Å²) >= 11 is 0. The number of nitrogens with zero attached hydrogens (tertiary/aromatic N) is 1. The summed E-state index contributed by atoms with van der Waals surface area (Å²) in [7, 11) is 0. The van der Waals surface area contributed by atoms with Crippen LogP contribution in [0.15, 0.2) is 0 Å². The fourth-order valence-electron chi connectivity index (χ4n) is 3.68. The van der Waals surface area contributed by atoms with Crippen LogP contribution in [-0.4, -0.2) is 31.2 Å². The highest BCUT2D eigenvalue weighted by Crippen LogP contribution is 2.11. The van der Waals surface area contributed by atoms with Gasteiger partial charge in [0.2, 0.25) is 0 Å². The van der Waals surface area contributed by atoms with Gasteiger partial charge in [0.15, 0.2) is 0 Å². The largest absolute Gasteiger partial charge is 0.379 e. The summed E-state index contributed by atoms with van der Waals surface area (Å²) in [5.41, 5.74) is 0. The highest BCUT2D eigenvalue weighted by molar-refractivity contribution is 4.60. The smallest absolute Gasteiger partial charge is 0.303 e. The molecule has 0 radical (unpaired) electrons. The van der Waals surface area contributed by atoms with Crippen LogP contribution in [0.4, 0.5) is 13.2 Å². The van der Waals surface area contributed by atoms with Crippen molar-refractivity contribution in [3.63, 3.8) is 0 Å². The molecule has 0 bridgehead atoms. The van der Waals surface area contributed by atoms with E-state index in [0.29, 0.717) is 0 Å². The van der Waals surface area contributed by atoms with Gasteiger partial charge in [0.05, 0.1) is 0 Å². The highest BCUT2D eigenvalue weighted by atomic mass is 19.4. The maximum atomic E-state index is 9.67. The van der Waals surface area contributed by atoms with Gasteiger partial charge in [0, 0.05) is 0 Å². The molecule has 0 fully saturated rings. The first-order chi connectivity index (χ1) is 14.1. The molecular formula is C25H52F3N. The van der Waals surface area contributed by atoms with E-state index in [2.05, 4.69) is 25.7 Å². The van der Waals surface area contributed by atoms with Crippen LogP contribution in [-0.2, 0) is 0 Å². The van der Waals surface area contributed by atoms with Gasteiger partial charge in [-0.1, -0.05) is 117 Å². The monoisotopic (exact) mass is 423 g/mol. The Morgan fingerprint density at radius 3 is 0.862 bits per heavy atom. The van der Waals surface area contributed by atoms with Crippen molar-refractivity contribution in [3.8, 4) is 0 Å². The van der Waals surface area contributed by atoms with Crippen molar-refractivity contribution in [2.75, 3.05) is 19.6 Å². The summed E-state index contributed by atoms with van der Waals surface area (Å²) < 4.78 is 29.0. The minimum absolute atomic E-state index is 1.36. The van der Waals surface area contributed by atoms with E-state index in [1.807, 2.05) is 0 Å². The summed E-state index contributed by atoms with van der Waals surface area (Å²) in [4.78, 5) is 2.79. The molecular weight excluding hydrogens is 371 g/mol. The Balaban J connectivity index is 0. The van der Waals surface area contributed by atoms with E-state index < -0.39 is 6.68 Å². The predicted molar refractivity (Wildman–Crippen MR) is 124 cm³/mol. The van der Waals surface area contributed by atoms with Crippen molar-refractivity contribution >= 4 is 0 Å². The Kier molecular flexibility index (Phi) is 29.6. The molecule has 0 rings (SSSR count). The second-order valence-corrected chi connectivity index (χ2v) is 8.39. The lowest BCUT2D eigenvalue weighted by Crippen LogP contribution is -2.27. The molecule has 0 aromatic rings. The van der Waals surface area contributed by atoms with E-state index in [9.17, 15) is 13.2 Å². The molecule has 29 heavy (non-hydrogen) atoms. The summed E-state index contributed by atoms with van der Waals surface area (Å²) in [6, 6.07) is 0. The Hall–Kier alpha value is -0.250. The van der Waals surface area contributed by atoms with Gasteiger partial charge in [-0.2, -0.15) is 13.2 Å². The molecule has 4 heteroatoms. The lowest BCUT2D eigenvalue weighted by atomic mass is 10.1. The van der Waals surface area contributed by atoms with Gasteiger partial charge in [0.1, 0.15) is 0 Å². The fourth-order valence-corrected chi connectivity index (χ4v) is 3.68. The van der Waals surface area contributed by atoms with Crippen molar-refractivity contribution in [1.82, 2.24) is 4.90 Å². The number of unbranched alkanes of at least 4 members (excludes halogenated alkanes) is 15. The Labute approximate surface area is 181 Å². The predicted octanol–water partition coefficient (Wildman–Crippen LogP) is 9.55. The first-order valence-electron chi connectivity index (χ1n) is 12.7. The molecule has 0 aliphatic heterocycles. The van der Waals surface area contributed by atoms with E-state index in [4.69, 9.17) is 0 Å². The SMILES string of the molecule is CCCCCCCCN(CCCCCCCC)CCCCCCCC.FC(F)F. The molecule has 178 valence electrons. The molecule has 0 atom stereocenters. The van der Waals surface area contributed by atoms with Gasteiger partial charge in [-0.05, 0) is 38.9 Å². The number of halogens is 3. The molecule has 0 spiro atoms. The summed E-state index contributed by atoms with van der Waals surface area (Å²) in [6.45, 7) is 7.33. The van der Waals surface area contributed by atoms with Crippen LogP contribution in [0, 0.1) is 0 Å². The van der Waals surface area contributed by atoms with Gasteiger partial charge >= 0.3 is 6.68 Å². The third kappa shape index (κ3) is 32.6. The summed E-state index contributed by atoms with van der Waals surface area (Å²) in [5.74, 6) is 0. The van der Waals surface area contributed by atoms with Crippen molar-refractivity contribution in [3.05, 3.63) is 0 Å². The van der Waals surface area contributed by atoms with E-state index in [1.165, 1.54) is 135 Å². The Bertz CT molecular complexity index is 234. The molecule has 0 saturated heterocycles. The van der Waals surface area contributed by atoms with Gasteiger partial charge in [-0.3, -0.25) is 0 Å². The Morgan fingerprint density at radius 2 is 0.621 bits per heavy atom. The zero-order chi connectivity index (χ0) is 22.0. The lowest BCUT2D eigenvalue weighted by Gasteiger charge is -2.22. The quantitative estimate of drug-likeness (QED) is 0.166. The topological polar surface area (TPSA) is 3.24 Å². The zero-order valence-electron chi connectivity index (χ0n) is 20.0. The first-order valence-corrected chi connectivity index (χ1v) is 12.7. The van der Waals surface area contributed by atoms with E-state index in [0.717, 1.165) is 0 Å². The van der Waals surface area contributed by atoms with Crippen LogP contribution in [0.3, 0.4) is 0 Å². The molecule has 0 unspecified atom stereocenters. The van der Waals surface area contributed by atoms with Crippen LogP contribution in [0.25, 0.3) is 0 Å². The molecule has 0 saturated carbocycles. The standard InChI is InChI=1S/C24H51N.CHF3/c1-4-7-10-13-16-19-22-25(23-20-17-14-11-8-5-2)24-21-18-15-12-9-6-3;2-1(3)4/h4-24H2,1-3H3;1H. The summed E-state index contributed by atoms with van der Waals surface area (Å²) in [5, 5.41) is 0. The average Bonchev–Trinajstić information content (AvgIpc) is 2.68. The molecule has 0 aromatic carbocycles. The maximum Gasteiger partial charge on any atom is 0.379 e. The molecule has 0 aliphatic rings. The normalized spacial score (nSPS) is 11.2. The highest BCUT2D eigenvalue weighted by Gasteiger charge is 2.05. The zero-order valence-corrected chi connectivity index (χ0v) is 20.0. The second kappa shape index (κ2) is 27.8. The van der Waals surface area contributed by atoms with Gasteiger partial charge in [-0.25, -0.2) is 0 Å². The third-order valence-corrected chi connectivity index (χ3v) is 5.48. The van der Waals surface area contributed by atoms with E-state index in [-0.39, 0.29) is 0 Å². The van der Waals surface area contributed by atoms with E-state index >= 15 is 0 Å². The minimum atomic E-state index is -3.67. The number of hydrogen-bond donors (Lipinski definition) is 0. The summed E-state index contributed by atoms with van der Waals surface area (Å²) in [6.07, 6.45) is 25.7. The third-order valence-electron chi connectivity index (χ3n) is 5.48. The van der Waals surface area contributed by atoms with Crippen LogP contribution in [0.2, 0.25) is 0 Å². The second-order valence-electron chi connectivity index (χ2n) is 8.39. The van der Waals surface area contributed by atoms with Gasteiger partial charge < -0.3 is 4.90 Å². The minimum Gasteiger partial charge on any atom is -0.303 e. The fraction of sp³-hybridized carbons (Fsp3) is 1.00. The van der Waals surface area contributed by atoms with Crippen molar-refractivity contribution in [2.45, 2.75) is 143 Å². The van der Waals surface area contributed by atoms with Crippen LogP contribution < -0.4 is 0 Å². The van der Waals surface area contributed by atoms with Gasteiger partial charge in [0.25, 0.3) is 0 Å². The van der Waals surface area contributed by atoms with Crippen LogP contribution in [0.5, 0.6) is 0 Å². The molecule has 0 aliphatic carbocycles. The van der Waals surface area contributed by atoms with E-state index in [1.54, 1.807) is 0 Å². The number of alkyl halides is 3. The van der Waals surface area contributed by atoms with Crippen molar-refractivity contribution < 1.29 is 13.2 Å². The maximum absolute atomic E-state index is 9.67. The molecule has 0 amide bonds. The molecule has 1 nitrogen and oxygen atoms in total. The molecule has 0 aromatic heterocycles. The van der Waals surface area contributed by atoms with Gasteiger partial charge in [-0.15, -0.1) is 0 Å². The van der Waals surface area contributed by atoms with Crippen molar-refractivity contribution in [2.24, 2.45) is 0 Å². The first kappa shape index (κ1) is 30.9. The number of hydrogen-bond acceptors (Lipinski definition) is 1. The molecule has 0 heterocycles. The Morgan fingerprint density at radius 1 is 0.414 bits per heavy atom. The number of rotatable bonds is 21. The lowest BCUT2D eigenvalue weighted by molar-refractivity contribution is 0.00819.